The van der Waals surface area contributed by atoms with Crippen molar-refractivity contribution in [3.8, 4) is 11.5 Å². The highest BCUT2D eigenvalue weighted by atomic mass is 35.5. The molecular weight excluding hydrogens is 312 g/mol. The Morgan fingerprint density at radius 3 is 2.30 bits per heavy atom. The van der Waals surface area contributed by atoms with Gasteiger partial charge < -0.3 is 4.74 Å². The summed E-state index contributed by atoms with van der Waals surface area (Å²) < 4.78 is 44.3. The Morgan fingerprint density at radius 2 is 1.70 bits per heavy atom. The van der Waals surface area contributed by atoms with E-state index in [-0.39, 0.29) is 22.4 Å². The monoisotopic (exact) mass is 320 g/mol. The Bertz CT molecular complexity index is 612. The van der Waals surface area contributed by atoms with E-state index in [1.165, 1.54) is 24.3 Å². The molecule has 0 unspecified atom stereocenters. The maximum absolute atomic E-state index is 13.0. The first-order valence-corrected chi connectivity index (χ1v) is 6.51. The molecule has 106 valence electrons. The van der Waals surface area contributed by atoms with Gasteiger partial charge in [0.2, 0.25) is 0 Å². The molecule has 0 aromatic heterocycles. The lowest BCUT2D eigenvalue weighted by Crippen LogP contribution is -2.08. The number of rotatable bonds is 3. The first-order chi connectivity index (χ1) is 9.41. The zero-order valence-electron chi connectivity index (χ0n) is 10.0. The fourth-order valence-corrected chi connectivity index (χ4v) is 1.96. The Balaban J connectivity index is 2.44. The molecule has 0 saturated carbocycles. The van der Waals surface area contributed by atoms with Crippen LogP contribution in [-0.4, -0.2) is 0 Å². The van der Waals surface area contributed by atoms with Crippen LogP contribution in [0.2, 0.25) is 5.02 Å². The predicted molar refractivity (Wildman–Crippen MR) is 72.5 cm³/mol. The Kier molecular flexibility index (Phi) is 4.45. The van der Waals surface area contributed by atoms with Gasteiger partial charge in [0.25, 0.3) is 0 Å². The molecule has 2 aromatic rings. The molecule has 0 radical (unpaired) electrons. The predicted octanol–water partition coefficient (Wildman–Crippen LogP) is 5.89. The summed E-state index contributed by atoms with van der Waals surface area (Å²) in [5.41, 5.74) is -0.513. The summed E-state index contributed by atoms with van der Waals surface area (Å²) in [6, 6.07) is 10.0. The highest BCUT2D eigenvalue weighted by Gasteiger charge is 2.35. The molecule has 20 heavy (non-hydrogen) atoms. The fourth-order valence-electron chi connectivity index (χ4n) is 1.62. The minimum atomic E-state index is -4.53. The summed E-state index contributed by atoms with van der Waals surface area (Å²) in [7, 11) is 0. The van der Waals surface area contributed by atoms with E-state index in [0.29, 0.717) is 5.56 Å². The standard InChI is InChI=1S/C14H9Cl2F3O/c15-8-9-5-6-12(10(7-9)14(17,18)19)20-13-4-2-1-3-11(13)16/h1-7H,8H2. The SMILES string of the molecule is FC(F)(F)c1cc(CCl)ccc1Oc1ccccc1Cl. The van der Waals surface area contributed by atoms with E-state index in [1.54, 1.807) is 12.1 Å². The Labute approximate surface area is 123 Å². The molecule has 2 rings (SSSR count). The van der Waals surface area contributed by atoms with Crippen LogP contribution in [0, 0.1) is 0 Å². The minimum absolute atomic E-state index is 0.00451. The Morgan fingerprint density at radius 1 is 1.00 bits per heavy atom. The van der Waals surface area contributed by atoms with Crippen molar-refractivity contribution in [3.63, 3.8) is 0 Å². The van der Waals surface area contributed by atoms with Gasteiger partial charge in [-0.1, -0.05) is 29.8 Å². The molecule has 0 amide bonds. The quantitative estimate of drug-likeness (QED) is 0.641. The number of ether oxygens (including phenoxy) is 1. The van der Waals surface area contributed by atoms with Crippen LogP contribution in [0.25, 0.3) is 0 Å². The molecule has 2 aromatic carbocycles. The van der Waals surface area contributed by atoms with Gasteiger partial charge in [-0.05, 0) is 29.8 Å². The smallest absolute Gasteiger partial charge is 0.419 e. The van der Waals surface area contributed by atoms with Crippen molar-refractivity contribution < 1.29 is 17.9 Å². The van der Waals surface area contributed by atoms with E-state index in [0.717, 1.165) is 6.07 Å². The highest BCUT2D eigenvalue weighted by molar-refractivity contribution is 6.32. The van der Waals surface area contributed by atoms with Gasteiger partial charge in [-0.25, -0.2) is 0 Å². The number of benzene rings is 2. The molecule has 0 bridgehead atoms. The number of para-hydroxylation sites is 1. The molecule has 0 atom stereocenters. The first kappa shape index (κ1) is 15.0. The normalized spacial score (nSPS) is 11.4. The van der Waals surface area contributed by atoms with Crippen molar-refractivity contribution in [1.29, 1.82) is 0 Å². The second-order valence-electron chi connectivity index (χ2n) is 3.99. The summed E-state index contributed by atoms with van der Waals surface area (Å²) in [5.74, 6) is -0.145. The van der Waals surface area contributed by atoms with Gasteiger partial charge in [-0.15, -0.1) is 11.6 Å². The molecule has 0 aliphatic rings. The third-order valence-corrected chi connectivity index (χ3v) is 3.18. The molecule has 0 aliphatic carbocycles. The van der Waals surface area contributed by atoms with Crippen molar-refractivity contribution in [2.24, 2.45) is 0 Å². The summed E-state index contributed by atoms with van der Waals surface area (Å²) >= 11 is 11.4. The topological polar surface area (TPSA) is 9.23 Å². The maximum atomic E-state index is 13.0. The number of halogens is 5. The summed E-state index contributed by atoms with van der Waals surface area (Å²) in [6.07, 6.45) is -4.53. The molecule has 0 N–H and O–H groups in total. The van der Waals surface area contributed by atoms with Gasteiger partial charge in [0.15, 0.2) is 0 Å². The van der Waals surface area contributed by atoms with Crippen molar-refractivity contribution in [3.05, 3.63) is 58.6 Å². The lowest BCUT2D eigenvalue weighted by Gasteiger charge is -2.15. The molecule has 1 nitrogen and oxygen atoms in total. The summed E-state index contributed by atoms with van der Waals surface area (Å²) in [4.78, 5) is 0. The number of hydrogen-bond acceptors (Lipinski definition) is 1. The van der Waals surface area contributed by atoms with Crippen LogP contribution in [0.3, 0.4) is 0 Å². The number of hydrogen-bond donors (Lipinski definition) is 0. The molecule has 6 heteroatoms. The third-order valence-electron chi connectivity index (χ3n) is 2.56. The minimum Gasteiger partial charge on any atom is -0.455 e. The second kappa shape index (κ2) is 5.94. The summed E-state index contributed by atoms with van der Waals surface area (Å²) in [5, 5.41) is 0.238. The molecule has 0 fully saturated rings. The van der Waals surface area contributed by atoms with Crippen molar-refractivity contribution in [2.45, 2.75) is 12.1 Å². The zero-order chi connectivity index (χ0) is 14.8. The van der Waals surface area contributed by atoms with E-state index in [4.69, 9.17) is 27.9 Å². The second-order valence-corrected chi connectivity index (χ2v) is 4.67. The lowest BCUT2D eigenvalue weighted by molar-refractivity contribution is -0.138. The highest BCUT2D eigenvalue weighted by Crippen LogP contribution is 2.40. The van der Waals surface area contributed by atoms with Gasteiger partial charge >= 0.3 is 6.18 Å². The van der Waals surface area contributed by atoms with Crippen LogP contribution >= 0.6 is 23.2 Å². The van der Waals surface area contributed by atoms with Crippen LogP contribution in [0.5, 0.6) is 11.5 Å². The number of alkyl halides is 4. The van der Waals surface area contributed by atoms with Gasteiger partial charge in [0, 0.05) is 5.88 Å². The van der Waals surface area contributed by atoms with Crippen LogP contribution in [0.4, 0.5) is 13.2 Å². The third kappa shape index (κ3) is 3.38. The van der Waals surface area contributed by atoms with Crippen LogP contribution < -0.4 is 4.74 Å². The average Bonchev–Trinajstić information content (AvgIpc) is 2.40. The lowest BCUT2D eigenvalue weighted by atomic mass is 10.1. The van der Waals surface area contributed by atoms with E-state index in [1.807, 2.05) is 0 Å². The van der Waals surface area contributed by atoms with Crippen LogP contribution in [0.15, 0.2) is 42.5 Å². The van der Waals surface area contributed by atoms with E-state index < -0.39 is 11.7 Å². The largest absolute Gasteiger partial charge is 0.455 e. The van der Waals surface area contributed by atoms with Crippen molar-refractivity contribution >= 4 is 23.2 Å². The summed E-state index contributed by atoms with van der Waals surface area (Å²) in [6.45, 7) is 0. The van der Waals surface area contributed by atoms with Gasteiger partial charge in [0.05, 0.1) is 10.6 Å². The van der Waals surface area contributed by atoms with Gasteiger partial charge in [0.1, 0.15) is 11.5 Å². The van der Waals surface area contributed by atoms with E-state index >= 15 is 0 Å². The van der Waals surface area contributed by atoms with E-state index in [2.05, 4.69) is 0 Å². The average molecular weight is 321 g/mol. The van der Waals surface area contributed by atoms with Crippen LogP contribution in [0.1, 0.15) is 11.1 Å². The molecule has 0 spiro atoms. The molecule has 0 aliphatic heterocycles. The Hall–Kier alpha value is -1.39. The van der Waals surface area contributed by atoms with Crippen LogP contribution in [-0.2, 0) is 12.1 Å². The molecular formula is C14H9Cl2F3O. The van der Waals surface area contributed by atoms with Gasteiger partial charge in [-0.3, -0.25) is 0 Å². The van der Waals surface area contributed by atoms with Gasteiger partial charge in [-0.2, -0.15) is 13.2 Å². The molecule has 0 heterocycles. The fraction of sp³-hybridized carbons (Fsp3) is 0.143. The molecule has 0 saturated heterocycles. The zero-order valence-corrected chi connectivity index (χ0v) is 11.6. The first-order valence-electron chi connectivity index (χ1n) is 5.60. The maximum Gasteiger partial charge on any atom is 0.419 e. The van der Waals surface area contributed by atoms with E-state index in [9.17, 15) is 13.2 Å². The van der Waals surface area contributed by atoms with Crippen molar-refractivity contribution in [2.75, 3.05) is 0 Å². The van der Waals surface area contributed by atoms with Crippen molar-refractivity contribution in [1.82, 2.24) is 0 Å².